The fourth-order valence-corrected chi connectivity index (χ4v) is 2.76. The van der Waals surface area contributed by atoms with Crippen molar-refractivity contribution in [2.75, 3.05) is 5.32 Å². The van der Waals surface area contributed by atoms with Crippen LogP contribution in [0.15, 0.2) is 51.4 Å². The Morgan fingerprint density at radius 3 is 2.65 bits per heavy atom. The van der Waals surface area contributed by atoms with Gasteiger partial charge < -0.3 is 15.5 Å². The van der Waals surface area contributed by atoms with Crippen LogP contribution in [0.2, 0.25) is 0 Å². The van der Waals surface area contributed by atoms with Crippen LogP contribution in [-0.2, 0) is 0 Å². The summed E-state index contributed by atoms with van der Waals surface area (Å²) in [5, 5.41) is 3.53. The summed E-state index contributed by atoms with van der Waals surface area (Å²) in [6.45, 7) is 1.81. The van der Waals surface area contributed by atoms with Gasteiger partial charge in [-0.25, -0.2) is 0 Å². The van der Waals surface area contributed by atoms with E-state index in [4.69, 9.17) is 10.2 Å². The number of anilines is 1. The molecule has 23 heavy (non-hydrogen) atoms. The standard InChI is InChI=1S/C17H13BrN2O3/c1-9-12-8-10(18)6-7-14(12)23-15(9)17(22)20-13-5-3-2-4-11(13)16(19)21/h2-8H,1H3,(H2,19,21)(H,20,22). The summed E-state index contributed by atoms with van der Waals surface area (Å²) in [5.74, 6) is -0.827. The zero-order valence-corrected chi connectivity index (χ0v) is 13.8. The normalized spacial score (nSPS) is 10.7. The lowest BCUT2D eigenvalue weighted by atomic mass is 10.1. The number of furan rings is 1. The molecule has 0 radical (unpaired) electrons. The molecule has 1 aromatic heterocycles. The number of rotatable bonds is 3. The highest BCUT2D eigenvalue weighted by molar-refractivity contribution is 9.10. The van der Waals surface area contributed by atoms with E-state index in [1.807, 2.05) is 19.1 Å². The molecule has 0 spiro atoms. The fraction of sp³-hybridized carbons (Fsp3) is 0.0588. The van der Waals surface area contributed by atoms with Crippen molar-refractivity contribution < 1.29 is 14.0 Å². The van der Waals surface area contributed by atoms with Crippen LogP contribution in [0.1, 0.15) is 26.5 Å². The van der Waals surface area contributed by atoms with Gasteiger partial charge in [0.05, 0.1) is 11.3 Å². The fourth-order valence-electron chi connectivity index (χ4n) is 2.40. The number of benzene rings is 2. The Hall–Kier alpha value is -2.60. The Kier molecular flexibility index (Phi) is 3.92. The van der Waals surface area contributed by atoms with Gasteiger partial charge in [-0.2, -0.15) is 0 Å². The maximum atomic E-state index is 12.5. The monoisotopic (exact) mass is 372 g/mol. The highest BCUT2D eigenvalue weighted by atomic mass is 79.9. The van der Waals surface area contributed by atoms with Gasteiger partial charge in [-0.15, -0.1) is 0 Å². The summed E-state index contributed by atoms with van der Waals surface area (Å²) in [6, 6.07) is 12.1. The lowest BCUT2D eigenvalue weighted by Gasteiger charge is -2.07. The summed E-state index contributed by atoms with van der Waals surface area (Å²) >= 11 is 3.40. The number of nitrogens with one attached hydrogen (secondary N) is 1. The first-order chi connectivity index (χ1) is 11.0. The first kappa shape index (κ1) is 15.3. The molecule has 6 heteroatoms. The van der Waals surface area contributed by atoms with E-state index in [0.29, 0.717) is 11.3 Å². The molecule has 3 N–H and O–H groups in total. The maximum absolute atomic E-state index is 12.5. The average molecular weight is 373 g/mol. The van der Waals surface area contributed by atoms with Crippen molar-refractivity contribution >= 4 is 44.4 Å². The summed E-state index contributed by atoms with van der Waals surface area (Å²) in [6.07, 6.45) is 0. The van der Waals surface area contributed by atoms with E-state index < -0.39 is 11.8 Å². The van der Waals surface area contributed by atoms with Gasteiger partial charge in [0.1, 0.15) is 5.58 Å². The van der Waals surface area contributed by atoms with Crippen molar-refractivity contribution in [3.05, 3.63) is 63.8 Å². The summed E-state index contributed by atoms with van der Waals surface area (Å²) in [4.78, 5) is 23.9. The molecule has 0 saturated carbocycles. The summed E-state index contributed by atoms with van der Waals surface area (Å²) < 4.78 is 6.54. The van der Waals surface area contributed by atoms with E-state index in [1.165, 1.54) is 0 Å². The maximum Gasteiger partial charge on any atom is 0.291 e. The van der Waals surface area contributed by atoms with E-state index in [9.17, 15) is 9.59 Å². The average Bonchev–Trinajstić information content (AvgIpc) is 2.84. The minimum absolute atomic E-state index is 0.206. The van der Waals surface area contributed by atoms with Gasteiger partial charge in [-0.3, -0.25) is 9.59 Å². The number of carbonyl (C=O) groups is 2. The third-order valence-electron chi connectivity index (χ3n) is 3.55. The van der Waals surface area contributed by atoms with Crippen molar-refractivity contribution in [1.82, 2.24) is 0 Å². The summed E-state index contributed by atoms with van der Waals surface area (Å²) in [5.41, 5.74) is 7.27. The number of para-hydroxylation sites is 1. The second-order valence-electron chi connectivity index (χ2n) is 5.06. The predicted octanol–water partition coefficient (Wildman–Crippen LogP) is 3.85. The number of hydrogen-bond donors (Lipinski definition) is 2. The molecular formula is C17H13BrN2O3. The minimum atomic E-state index is -0.605. The van der Waals surface area contributed by atoms with E-state index in [2.05, 4.69) is 21.2 Å². The lowest BCUT2D eigenvalue weighted by Crippen LogP contribution is -2.18. The molecule has 5 nitrogen and oxygen atoms in total. The highest BCUT2D eigenvalue weighted by Crippen LogP contribution is 2.28. The van der Waals surface area contributed by atoms with Crippen molar-refractivity contribution in [2.45, 2.75) is 6.92 Å². The van der Waals surface area contributed by atoms with E-state index >= 15 is 0 Å². The zero-order valence-electron chi connectivity index (χ0n) is 12.2. The third kappa shape index (κ3) is 2.85. The SMILES string of the molecule is Cc1c(C(=O)Nc2ccccc2C(N)=O)oc2ccc(Br)cc12. The van der Waals surface area contributed by atoms with Crippen molar-refractivity contribution in [3.8, 4) is 0 Å². The van der Waals surface area contributed by atoms with Crippen LogP contribution in [0, 0.1) is 6.92 Å². The molecule has 3 rings (SSSR count). The molecule has 1 heterocycles. The van der Waals surface area contributed by atoms with Gasteiger partial charge in [0, 0.05) is 15.4 Å². The quantitative estimate of drug-likeness (QED) is 0.731. The molecule has 0 fully saturated rings. The van der Waals surface area contributed by atoms with Gasteiger partial charge in [0.25, 0.3) is 11.8 Å². The second-order valence-corrected chi connectivity index (χ2v) is 5.98. The van der Waals surface area contributed by atoms with E-state index in [1.54, 1.807) is 30.3 Å². The lowest BCUT2D eigenvalue weighted by molar-refractivity contribution is 0.0998. The van der Waals surface area contributed by atoms with Crippen molar-refractivity contribution in [3.63, 3.8) is 0 Å². The van der Waals surface area contributed by atoms with E-state index in [0.717, 1.165) is 15.4 Å². The molecule has 0 aliphatic carbocycles. The number of fused-ring (bicyclic) bond motifs is 1. The van der Waals surface area contributed by atoms with Crippen molar-refractivity contribution in [1.29, 1.82) is 0 Å². The van der Waals surface area contributed by atoms with Crippen LogP contribution in [-0.4, -0.2) is 11.8 Å². The van der Waals surface area contributed by atoms with Gasteiger partial charge in [-0.1, -0.05) is 28.1 Å². The number of nitrogens with two attached hydrogens (primary N) is 1. The second kappa shape index (κ2) is 5.89. The first-order valence-electron chi connectivity index (χ1n) is 6.86. The number of aryl methyl sites for hydroxylation is 1. The minimum Gasteiger partial charge on any atom is -0.451 e. The van der Waals surface area contributed by atoms with Crippen molar-refractivity contribution in [2.24, 2.45) is 5.73 Å². The predicted molar refractivity (Wildman–Crippen MR) is 91.6 cm³/mol. The van der Waals surface area contributed by atoms with Crippen LogP contribution in [0.3, 0.4) is 0 Å². The molecule has 116 valence electrons. The Morgan fingerprint density at radius 2 is 1.91 bits per heavy atom. The number of primary amides is 1. The largest absolute Gasteiger partial charge is 0.451 e. The topological polar surface area (TPSA) is 85.3 Å². The number of halogens is 1. The van der Waals surface area contributed by atoms with Crippen LogP contribution >= 0.6 is 15.9 Å². The van der Waals surface area contributed by atoms with Crippen LogP contribution in [0.4, 0.5) is 5.69 Å². The van der Waals surface area contributed by atoms with Crippen LogP contribution in [0.5, 0.6) is 0 Å². The smallest absolute Gasteiger partial charge is 0.291 e. The van der Waals surface area contributed by atoms with E-state index in [-0.39, 0.29) is 11.3 Å². The molecule has 0 aliphatic heterocycles. The van der Waals surface area contributed by atoms with Crippen LogP contribution in [0.25, 0.3) is 11.0 Å². The molecule has 2 aromatic carbocycles. The van der Waals surface area contributed by atoms with Gasteiger partial charge >= 0.3 is 0 Å². The zero-order chi connectivity index (χ0) is 16.6. The molecule has 0 atom stereocenters. The molecule has 0 unspecified atom stereocenters. The van der Waals surface area contributed by atoms with Crippen LogP contribution < -0.4 is 11.1 Å². The third-order valence-corrected chi connectivity index (χ3v) is 4.04. The molecule has 2 amide bonds. The van der Waals surface area contributed by atoms with Gasteiger partial charge in [0.15, 0.2) is 5.76 Å². The number of hydrogen-bond acceptors (Lipinski definition) is 3. The summed E-state index contributed by atoms with van der Waals surface area (Å²) in [7, 11) is 0. The Bertz CT molecular complexity index is 931. The molecular weight excluding hydrogens is 360 g/mol. The van der Waals surface area contributed by atoms with Gasteiger partial charge in [-0.05, 0) is 37.3 Å². The molecule has 0 saturated heterocycles. The highest BCUT2D eigenvalue weighted by Gasteiger charge is 2.19. The Morgan fingerprint density at radius 1 is 1.17 bits per heavy atom. The molecule has 0 aliphatic rings. The molecule has 0 bridgehead atoms. The number of carbonyl (C=O) groups excluding carboxylic acids is 2. The first-order valence-corrected chi connectivity index (χ1v) is 7.65. The Balaban J connectivity index is 1.99. The number of amides is 2. The molecule has 3 aromatic rings. The Labute approximate surface area is 140 Å². The van der Waals surface area contributed by atoms with Gasteiger partial charge in [0.2, 0.25) is 0 Å².